The van der Waals surface area contributed by atoms with Crippen LogP contribution in [0.15, 0.2) is 41.3 Å². The number of rotatable bonds is 5. The molecule has 4 nitrogen and oxygen atoms in total. The standard InChI is InChI=1S/C17H22N2O2/c1-12(2)14-11-15(18)13(3)10-16(14)21-9-8-19-7-5-4-6-17(19)20/h4-7,10-12H,8-9,18H2,1-3H3. The first kappa shape index (κ1) is 15.2. The SMILES string of the molecule is Cc1cc(OCCn2ccccc2=O)c(C(C)C)cc1N. The molecule has 0 aliphatic heterocycles. The summed E-state index contributed by atoms with van der Waals surface area (Å²) in [5.41, 5.74) is 8.84. The highest BCUT2D eigenvalue weighted by Gasteiger charge is 2.10. The van der Waals surface area contributed by atoms with Gasteiger partial charge in [0.1, 0.15) is 12.4 Å². The van der Waals surface area contributed by atoms with Gasteiger partial charge in [-0.25, -0.2) is 0 Å². The average Bonchev–Trinajstić information content (AvgIpc) is 2.44. The van der Waals surface area contributed by atoms with Gasteiger partial charge in [-0.3, -0.25) is 4.79 Å². The van der Waals surface area contributed by atoms with Crippen molar-refractivity contribution in [2.24, 2.45) is 0 Å². The number of aryl methyl sites for hydroxylation is 1. The molecule has 0 aliphatic carbocycles. The van der Waals surface area contributed by atoms with E-state index in [2.05, 4.69) is 13.8 Å². The van der Waals surface area contributed by atoms with Gasteiger partial charge in [0.15, 0.2) is 0 Å². The van der Waals surface area contributed by atoms with E-state index in [4.69, 9.17) is 10.5 Å². The third kappa shape index (κ3) is 3.66. The van der Waals surface area contributed by atoms with Crippen LogP contribution in [0, 0.1) is 6.92 Å². The zero-order valence-corrected chi connectivity index (χ0v) is 12.8. The van der Waals surface area contributed by atoms with Crippen LogP contribution in [0.4, 0.5) is 5.69 Å². The minimum absolute atomic E-state index is 0.0151. The third-order valence-electron chi connectivity index (χ3n) is 3.51. The molecule has 0 radical (unpaired) electrons. The van der Waals surface area contributed by atoms with Crippen molar-refractivity contribution in [3.8, 4) is 5.75 Å². The fraction of sp³-hybridized carbons (Fsp3) is 0.353. The Bertz CT molecular complexity index is 675. The second-order valence-electron chi connectivity index (χ2n) is 5.48. The molecule has 2 aromatic rings. The summed E-state index contributed by atoms with van der Waals surface area (Å²) >= 11 is 0. The number of anilines is 1. The van der Waals surface area contributed by atoms with E-state index in [1.165, 1.54) is 0 Å². The van der Waals surface area contributed by atoms with E-state index < -0.39 is 0 Å². The van der Waals surface area contributed by atoms with Crippen molar-refractivity contribution in [2.75, 3.05) is 12.3 Å². The lowest BCUT2D eigenvalue weighted by molar-refractivity contribution is 0.292. The summed E-state index contributed by atoms with van der Waals surface area (Å²) in [6, 6.07) is 9.07. The summed E-state index contributed by atoms with van der Waals surface area (Å²) in [5, 5.41) is 0. The molecule has 0 atom stereocenters. The van der Waals surface area contributed by atoms with Crippen LogP contribution in [0.1, 0.15) is 30.9 Å². The van der Waals surface area contributed by atoms with E-state index in [0.29, 0.717) is 19.1 Å². The van der Waals surface area contributed by atoms with Gasteiger partial charge in [0, 0.05) is 18.0 Å². The molecule has 0 bridgehead atoms. The summed E-state index contributed by atoms with van der Waals surface area (Å²) in [6.07, 6.45) is 1.77. The molecule has 0 saturated heterocycles. The van der Waals surface area contributed by atoms with Crippen molar-refractivity contribution in [3.63, 3.8) is 0 Å². The van der Waals surface area contributed by atoms with Crippen LogP contribution in [0.5, 0.6) is 5.75 Å². The summed E-state index contributed by atoms with van der Waals surface area (Å²) < 4.78 is 7.52. The Balaban J connectivity index is 2.11. The van der Waals surface area contributed by atoms with Gasteiger partial charge in [-0.2, -0.15) is 0 Å². The highest BCUT2D eigenvalue weighted by atomic mass is 16.5. The topological polar surface area (TPSA) is 57.2 Å². The Morgan fingerprint density at radius 3 is 2.71 bits per heavy atom. The number of hydrogen-bond acceptors (Lipinski definition) is 3. The molecule has 112 valence electrons. The molecule has 2 N–H and O–H groups in total. The van der Waals surface area contributed by atoms with E-state index in [9.17, 15) is 4.79 Å². The average molecular weight is 286 g/mol. The van der Waals surface area contributed by atoms with E-state index in [1.807, 2.05) is 25.1 Å². The number of ether oxygens (including phenoxy) is 1. The highest BCUT2D eigenvalue weighted by molar-refractivity contribution is 5.55. The van der Waals surface area contributed by atoms with E-state index in [1.54, 1.807) is 22.9 Å². The van der Waals surface area contributed by atoms with Gasteiger partial charge < -0.3 is 15.0 Å². The summed E-state index contributed by atoms with van der Waals surface area (Å²) in [7, 11) is 0. The second kappa shape index (κ2) is 6.48. The second-order valence-corrected chi connectivity index (χ2v) is 5.48. The zero-order chi connectivity index (χ0) is 15.4. The highest BCUT2D eigenvalue weighted by Crippen LogP contribution is 2.30. The largest absolute Gasteiger partial charge is 0.491 e. The van der Waals surface area contributed by atoms with E-state index in [-0.39, 0.29) is 5.56 Å². The molecule has 0 saturated carbocycles. The molecule has 0 spiro atoms. The predicted octanol–water partition coefficient (Wildman–Crippen LogP) is 2.94. The van der Waals surface area contributed by atoms with Gasteiger partial charge in [-0.05, 0) is 42.2 Å². The van der Waals surface area contributed by atoms with Crippen LogP contribution in [0.2, 0.25) is 0 Å². The number of hydrogen-bond donors (Lipinski definition) is 1. The van der Waals surface area contributed by atoms with Crippen molar-refractivity contribution < 1.29 is 4.74 Å². The zero-order valence-electron chi connectivity index (χ0n) is 12.8. The number of nitrogens with two attached hydrogens (primary N) is 1. The van der Waals surface area contributed by atoms with Crippen LogP contribution in [0.25, 0.3) is 0 Å². The Kier molecular flexibility index (Phi) is 4.68. The van der Waals surface area contributed by atoms with Crippen molar-refractivity contribution in [2.45, 2.75) is 33.2 Å². The smallest absolute Gasteiger partial charge is 0.250 e. The molecule has 1 aromatic heterocycles. The number of aromatic nitrogens is 1. The molecule has 0 aliphatic rings. The van der Waals surface area contributed by atoms with Crippen LogP contribution in [-0.2, 0) is 6.54 Å². The Morgan fingerprint density at radius 2 is 2.05 bits per heavy atom. The molecular formula is C17H22N2O2. The third-order valence-corrected chi connectivity index (χ3v) is 3.51. The molecule has 1 aromatic carbocycles. The first-order valence-corrected chi connectivity index (χ1v) is 7.17. The summed E-state index contributed by atoms with van der Waals surface area (Å²) in [5.74, 6) is 1.18. The first-order valence-electron chi connectivity index (χ1n) is 7.17. The normalized spacial score (nSPS) is 10.9. The number of pyridine rings is 1. The van der Waals surface area contributed by atoms with Gasteiger partial charge >= 0.3 is 0 Å². The lowest BCUT2D eigenvalue weighted by atomic mass is 9.99. The van der Waals surface area contributed by atoms with Crippen molar-refractivity contribution in [1.29, 1.82) is 0 Å². The molecular weight excluding hydrogens is 264 g/mol. The first-order chi connectivity index (χ1) is 9.99. The maximum absolute atomic E-state index is 11.6. The monoisotopic (exact) mass is 286 g/mol. The molecule has 0 unspecified atom stereocenters. The molecule has 1 heterocycles. The number of nitrogens with zero attached hydrogens (tertiary/aromatic N) is 1. The molecule has 21 heavy (non-hydrogen) atoms. The lowest BCUT2D eigenvalue weighted by Gasteiger charge is -2.16. The number of nitrogen functional groups attached to an aromatic ring is 1. The molecule has 0 fully saturated rings. The summed E-state index contributed by atoms with van der Waals surface area (Å²) in [6.45, 7) is 7.17. The van der Waals surface area contributed by atoms with Gasteiger partial charge in [-0.15, -0.1) is 0 Å². The minimum Gasteiger partial charge on any atom is -0.491 e. The maximum atomic E-state index is 11.6. The molecule has 4 heteroatoms. The fourth-order valence-electron chi connectivity index (χ4n) is 2.19. The van der Waals surface area contributed by atoms with Gasteiger partial charge in [-0.1, -0.05) is 19.9 Å². The quantitative estimate of drug-likeness (QED) is 0.860. The predicted molar refractivity (Wildman–Crippen MR) is 85.9 cm³/mol. The van der Waals surface area contributed by atoms with E-state index in [0.717, 1.165) is 22.6 Å². The minimum atomic E-state index is -0.0151. The van der Waals surface area contributed by atoms with Gasteiger partial charge in [0.25, 0.3) is 5.56 Å². The van der Waals surface area contributed by atoms with Crippen molar-refractivity contribution in [3.05, 3.63) is 58.0 Å². The van der Waals surface area contributed by atoms with E-state index >= 15 is 0 Å². The Labute approximate surface area is 125 Å². The van der Waals surface area contributed by atoms with Crippen LogP contribution >= 0.6 is 0 Å². The van der Waals surface area contributed by atoms with Crippen LogP contribution in [-0.4, -0.2) is 11.2 Å². The van der Waals surface area contributed by atoms with Crippen LogP contribution < -0.4 is 16.0 Å². The Hall–Kier alpha value is -2.23. The van der Waals surface area contributed by atoms with Crippen LogP contribution in [0.3, 0.4) is 0 Å². The summed E-state index contributed by atoms with van der Waals surface area (Å²) in [4.78, 5) is 11.6. The maximum Gasteiger partial charge on any atom is 0.250 e. The fourth-order valence-corrected chi connectivity index (χ4v) is 2.19. The van der Waals surface area contributed by atoms with Crippen molar-refractivity contribution >= 4 is 5.69 Å². The number of benzene rings is 1. The Morgan fingerprint density at radius 1 is 1.29 bits per heavy atom. The van der Waals surface area contributed by atoms with Gasteiger partial charge in [0.05, 0.1) is 6.54 Å². The molecule has 2 rings (SSSR count). The van der Waals surface area contributed by atoms with Crippen molar-refractivity contribution in [1.82, 2.24) is 4.57 Å². The molecule has 0 amide bonds. The lowest BCUT2D eigenvalue weighted by Crippen LogP contribution is -2.21. The van der Waals surface area contributed by atoms with Gasteiger partial charge in [0.2, 0.25) is 0 Å².